The summed E-state index contributed by atoms with van der Waals surface area (Å²) in [6.07, 6.45) is -0.900. The first-order chi connectivity index (χ1) is 8.01. The zero-order valence-electron chi connectivity index (χ0n) is 10.2. The van der Waals surface area contributed by atoms with Crippen molar-refractivity contribution in [3.8, 4) is 0 Å². The molecule has 1 aliphatic rings. The summed E-state index contributed by atoms with van der Waals surface area (Å²) in [5.74, 6) is 0. The summed E-state index contributed by atoms with van der Waals surface area (Å²) in [7, 11) is 0. The van der Waals surface area contributed by atoms with Gasteiger partial charge in [-0.2, -0.15) is 13.2 Å². The van der Waals surface area contributed by atoms with Crippen LogP contribution in [0.2, 0.25) is 0 Å². The molecule has 0 aromatic heterocycles. The molecule has 0 spiro atoms. The fraction of sp³-hybridized carbons (Fsp3) is 1.00. The van der Waals surface area contributed by atoms with Gasteiger partial charge in [-0.05, 0) is 45.4 Å². The topological polar surface area (TPSA) is 32.5 Å². The first-order valence-corrected chi connectivity index (χ1v) is 6.23. The Labute approximate surface area is 101 Å². The number of nitrogens with zero attached hydrogens (tertiary/aromatic N) is 2. The van der Waals surface area contributed by atoms with Gasteiger partial charge in [-0.15, -0.1) is 0 Å². The molecule has 0 aromatic carbocycles. The Morgan fingerprint density at radius 1 is 1.12 bits per heavy atom. The highest BCUT2D eigenvalue weighted by Gasteiger charge is 2.30. The summed E-state index contributed by atoms with van der Waals surface area (Å²) in [4.78, 5) is 3.71. The van der Waals surface area contributed by atoms with Gasteiger partial charge in [-0.25, -0.2) is 0 Å². The van der Waals surface area contributed by atoms with E-state index >= 15 is 0 Å². The Morgan fingerprint density at radius 2 is 1.76 bits per heavy atom. The van der Waals surface area contributed by atoms with Crippen LogP contribution in [0, 0.1) is 0 Å². The van der Waals surface area contributed by atoms with Gasteiger partial charge in [0.25, 0.3) is 0 Å². The van der Waals surface area contributed by atoms with Crippen LogP contribution in [0.25, 0.3) is 0 Å². The first kappa shape index (κ1) is 14.7. The molecule has 0 unspecified atom stereocenters. The van der Waals surface area contributed by atoms with Crippen LogP contribution in [-0.4, -0.2) is 61.8 Å². The predicted molar refractivity (Wildman–Crippen MR) is 61.8 cm³/mol. The molecule has 102 valence electrons. The predicted octanol–water partition coefficient (Wildman–Crippen LogP) is 1.30. The van der Waals surface area contributed by atoms with Crippen LogP contribution in [0.4, 0.5) is 13.2 Å². The molecule has 17 heavy (non-hydrogen) atoms. The van der Waals surface area contributed by atoms with E-state index in [1.807, 2.05) is 0 Å². The highest BCUT2D eigenvalue weighted by atomic mass is 19.4. The van der Waals surface area contributed by atoms with Gasteiger partial charge in [0.05, 0.1) is 6.54 Å². The van der Waals surface area contributed by atoms with Crippen molar-refractivity contribution >= 4 is 0 Å². The van der Waals surface area contributed by atoms with E-state index in [2.05, 4.69) is 4.90 Å². The fourth-order valence-electron chi connectivity index (χ4n) is 2.23. The van der Waals surface area contributed by atoms with E-state index in [9.17, 15) is 13.2 Å². The molecule has 1 saturated heterocycles. The smallest absolute Gasteiger partial charge is 0.329 e. The van der Waals surface area contributed by atoms with Crippen LogP contribution in [-0.2, 0) is 0 Å². The maximum absolute atomic E-state index is 12.3. The van der Waals surface area contributed by atoms with Crippen molar-refractivity contribution in [2.75, 3.05) is 45.8 Å². The zero-order valence-corrected chi connectivity index (χ0v) is 10.2. The zero-order chi connectivity index (χ0) is 12.7. The van der Waals surface area contributed by atoms with Crippen molar-refractivity contribution in [3.05, 3.63) is 0 Å². The summed E-state index contributed by atoms with van der Waals surface area (Å²) in [5.41, 5.74) is 5.32. The fourth-order valence-corrected chi connectivity index (χ4v) is 2.23. The Bertz CT molecular complexity index is 203. The third-order valence-electron chi connectivity index (χ3n) is 3.00. The highest BCUT2D eigenvalue weighted by Crippen LogP contribution is 2.16. The molecule has 0 atom stereocenters. The second kappa shape index (κ2) is 7.18. The molecule has 0 amide bonds. The minimum atomic E-state index is -4.12. The lowest BCUT2D eigenvalue weighted by atomic mass is 10.3. The van der Waals surface area contributed by atoms with Gasteiger partial charge in [-0.3, -0.25) is 4.90 Å². The van der Waals surface area contributed by atoms with Crippen LogP contribution < -0.4 is 5.73 Å². The summed E-state index contributed by atoms with van der Waals surface area (Å²) < 4.78 is 36.8. The lowest BCUT2D eigenvalue weighted by molar-refractivity contribution is -0.145. The average molecular weight is 253 g/mol. The van der Waals surface area contributed by atoms with Crippen molar-refractivity contribution in [2.45, 2.75) is 25.4 Å². The molecule has 1 aliphatic heterocycles. The summed E-state index contributed by atoms with van der Waals surface area (Å²) in [6.45, 7) is 3.32. The van der Waals surface area contributed by atoms with Gasteiger partial charge >= 0.3 is 6.18 Å². The molecule has 2 N–H and O–H groups in total. The minimum Gasteiger partial charge on any atom is -0.329 e. The molecule has 3 nitrogen and oxygen atoms in total. The SMILES string of the molecule is NCCN(CCCN1CCCC1)CC(F)(F)F. The Kier molecular flexibility index (Phi) is 6.22. The number of nitrogens with two attached hydrogens (primary N) is 1. The van der Waals surface area contributed by atoms with E-state index in [0.29, 0.717) is 13.1 Å². The third kappa shape index (κ3) is 6.85. The van der Waals surface area contributed by atoms with E-state index in [-0.39, 0.29) is 6.54 Å². The third-order valence-corrected chi connectivity index (χ3v) is 3.00. The minimum absolute atomic E-state index is 0.278. The van der Waals surface area contributed by atoms with Crippen molar-refractivity contribution < 1.29 is 13.2 Å². The lowest BCUT2D eigenvalue weighted by Gasteiger charge is -2.24. The molecule has 0 aliphatic carbocycles. The number of likely N-dealkylation sites (tertiary alicyclic amines) is 1. The van der Waals surface area contributed by atoms with Crippen molar-refractivity contribution in [1.82, 2.24) is 9.80 Å². The molecular weight excluding hydrogens is 231 g/mol. The van der Waals surface area contributed by atoms with E-state index < -0.39 is 12.7 Å². The Hall–Kier alpha value is -0.330. The van der Waals surface area contributed by atoms with Gasteiger partial charge in [0.15, 0.2) is 0 Å². The van der Waals surface area contributed by atoms with Gasteiger partial charge in [0.2, 0.25) is 0 Å². The van der Waals surface area contributed by atoms with Crippen molar-refractivity contribution in [1.29, 1.82) is 0 Å². The molecule has 0 bridgehead atoms. The molecule has 0 radical (unpaired) electrons. The second-order valence-electron chi connectivity index (χ2n) is 4.58. The first-order valence-electron chi connectivity index (χ1n) is 6.23. The van der Waals surface area contributed by atoms with Gasteiger partial charge in [0.1, 0.15) is 0 Å². The van der Waals surface area contributed by atoms with Gasteiger partial charge < -0.3 is 10.6 Å². The maximum Gasteiger partial charge on any atom is 0.401 e. The van der Waals surface area contributed by atoms with Crippen LogP contribution in [0.15, 0.2) is 0 Å². The van der Waals surface area contributed by atoms with Gasteiger partial charge in [0, 0.05) is 13.1 Å². The van der Waals surface area contributed by atoms with E-state index in [1.54, 1.807) is 0 Å². The van der Waals surface area contributed by atoms with E-state index in [0.717, 1.165) is 26.1 Å². The molecule has 1 fully saturated rings. The van der Waals surface area contributed by atoms with Crippen LogP contribution >= 0.6 is 0 Å². The number of alkyl halides is 3. The number of halogens is 3. The molecule has 1 heterocycles. The number of rotatable bonds is 7. The standard InChI is InChI=1S/C11H22F3N3/c12-11(13,14)10-17(9-4-15)8-3-7-16-5-1-2-6-16/h1-10,15H2. The summed E-state index contributed by atoms with van der Waals surface area (Å²) in [6, 6.07) is 0. The van der Waals surface area contributed by atoms with E-state index in [4.69, 9.17) is 5.73 Å². The molecular formula is C11H22F3N3. The monoisotopic (exact) mass is 253 g/mol. The molecule has 0 saturated carbocycles. The average Bonchev–Trinajstić information content (AvgIpc) is 2.68. The van der Waals surface area contributed by atoms with E-state index in [1.165, 1.54) is 17.7 Å². The van der Waals surface area contributed by atoms with Crippen molar-refractivity contribution in [3.63, 3.8) is 0 Å². The normalized spacial score (nSPS) is 18.2. The number of hydrogen-bond donors (Lipinski definition) is 1. The van der Waals surface area contributed by atoms with Gasteiger partial charge in [-0.1, -0.05) is 0 Å². The Balaban J connectivity index is 2.18. The molecule has 1 rings (SSSR count). The Morgan fingerprint density at radius 3 is 2.29 bits per heavy atom. The molecule has 6 heteroatoms. The van der Waals surface area contributed by atoms with Crippen molar-refractivity contribution in [2.24, 2.45) is 5.73 Å². The second-order valence-corrected chi connectivity index (χ2v) is 4.58. The largest absolute Gasteiger partial charge is 0.401 e. The van der Waals surface area contributed by atoms with Crippen LogP contribution in [0.5, 0.6) is 0 Å². The maximum atomic E-state index is 12.3. The summed E-state index contributed by atoms with van der Waals surface area (Å²) >= 11 is 0. The van der Waals surface area contributed by atoms with Crippen LogP contribution in [0.3, 0.4) is 0 Å². The molecule has 0 aromatic rings. The van der Waals surface area contributed by atoms with Crippen LogP contribution in [0.1, 0.15) is 19.3 Å². The highest BCUT2D eigenvalue weighted by molar-refractivity contribution is 4.68. The lowest BCUT2D eigenvalue weighted by Crippen LogP contribution is -2.39. The summed E-state index contributed by atoms with van der Waals surface area (Å²) in [5, 5.41) is 0. The quantitative estimate of drug-likeness (QED) is 0.742. The number of hydrogen-bond acceptors (Lipinski definition) is 3.